The molecule has 0 atom stereocenters. The third-order valence-electron chi connectivity index (χ3n) is 2.96. The second-order valence-corrected chi connectivity index (χ2v) is 6.40. The average Bonchev–Trinajstić information content (AvgIpc) is 3.03. The molecule has 0 saturated heterocycles. The van der Waals surface area contributed by atoms with Gasteiger partial charge in [-0.2, -0.15) is 0 Å². The fourth-order valence-corrected chi connectivity index (χ4v) is 3.07. The van der Waals surface area contributed by atoms with Crippen LogP contribution >= 0.6 is 27.3 Å². The number of nitrogens with one attached hydrogen (secondary N) is 1. The molecule has 1 amide bonds. The summed E-state index contributed by atoms with van der Waals surface area (Å²) >= 11 is 4.49. The van der Waals surface area contributed by atoms with Gasteiger partial charge in [-0.15, -0.1) is 11.3 Å². The number of halogens is 2. The predicted molar refractivity (Wildman–Crippen MR) is 93.6 cm³/mol. The molecule has 0 spiro atoms. The zero-order chi connectivity index (χ0) is 16.9. The highest BCUT2D eigenvalue weighted by Crippen LogP contribution is 2.26. The van der Waals surface area contributed by atoms with E-state index in [9.17, 15) is 9.18 Å². The van der Waals surface area contributed by atoms with Gasteiger partial charge in [-0.25, -0.2) is 9.37 Å². The number of benzene rings is 1. The molecule has 0 aliphatic heterocycles. The zero-order valence-corrected chi connectivity index (χ0v) is 14.6. The molecule has 1 aromatic carbocycles. The van der Waals surface area contributed by atoms with Crippen molar-refractivity contribution >= 4 is 38.3 Å². The van der Waals surface area contributed by atoms with Crippen LogP contribution in [-0.4, -0.2) is 22.5 Å². The first kappa shape index (κ1) is 16.5. The largest absolute Gasteiger partial charge is 0.483 e. The van der Waals surface area contributed by atoms with Gasteiger partial charge in [0.15, 0.2) is 11.7 Å². The molecule has 2 aromatic heterocycles. The van der Waals surface area contributed by atoms with Crippen molar-refractivity contribution in [2.45, 2.75) is 0 Å². The number of amides is 1. The topological polar surface area (TPSA) is 64.1 Å². The number of ether oxygens (including phenoxy) is 1. The van der Waals surface area contributed by atoms with E-state index in [0.29, 0.717) is 15.4 Å². The van der Waals surface area contributed by atoms with Crippen molar-refractivity contribution in [2.24, 2.45) is 0 Å². The Morgan fingerprint density at radius 1 is 1.38 bits per heavy atom. The SMILES string of the molecule is O=C(COc1ccc(F)cc1Br)Nc1nc(-c2cccnc2)cs1. The van der Waals surface area contributed by atoms with Gasteiger partial charge in [0.05, 0.1) is 10.2 Å². The van der Waals surface area contributed by atoms with E-state index in [1.807, 2.05) is 17.5 Å². The fourth-order valence-electron chi connectivity index (χ4n) is 1.87. The highest BCUT2D eigenvalue weighted by atomic mass is 79.9. The molecule has 0 unspecified atom stereocenters. The van der Waals surface area contributed by atoms with Gasteiger partial charge in [0.25, 0.3) is 5.91 Å². The minimum Gasteiger partial charge on any atom is -0.483 e. The van der Waals surface area contributed by atoms with Crippen LogP contribution in [0, 0.1) is 5.82 Å². The molecule has 0 saturated carbocycles. The van der Waals surface area contributed by atoms with Crippen molar-refractivity contribution in [3.63, 3.8) is 0 Å². The molecule has 8 heteroatoms. The molecule has 0 bridgehead atoms. The van der Waals surface area contributed by atoms with E-state index in [4.69, 9.17) is 4.74 Å². The standard InChI is InChI=1S/C16H11BrFN3O2S/c17-12-6-11(18)3-4-14(12)23-8-15(22)21-16-20-13(9-24-16)10-2-1-5-19-7-10/h1-7,9H,8H2,(H,20,21,22). The highest BCUT2D eigenvalue weighted by Gasteiger charge is 2.10. The number of aromatic nitrogens is 2. The van der Waals surface area contributed by atoms with Crippen LogP contribution in [0.15, 0.2) is 52.6 Å². The molecule has 24 heavy (non-hydrogen) atoms. The van der Waals surface area contributed by atoms with Gasteiger partial charge in [-0.05, 0) is 46.3 Å². The molecular weight excluding hydrogens is 397 g/mol. The molecular formula is C16H11BrFN3O2S. The van der Waals surface area contributed by atoms with Crippen molar-refractivity contribution in [3.8, 4) is 17.0 Å². The average molecular weight is 408 g/mol. The lowest BCUT2D eigenvalue weighted by molar-refractivity contribution is -0.118. The Hall–Kier alpha value is -2.32. The maximum absolute atomic E-state index is 13.0. The maximum Gasteiger partial charge on any atom is 0.264 e. The lowest BCUT2D eigenvalue weighted by Crippen LogP contribution is -2.20. The van der Waals surface area contributed by atoms with Gasteiger partial charge in [0.2, 0.25) is 0 Å². The Bertz CT molecular complexity index is 858. The molecule has 5 nitrogen and oxygen atoms in total. The lowest BCUT2D eigenvalue weighted by Gasteiger charge is -2.07. The first-order valence-electron chi connectivity index (χ1n) is 6.85. The van der Waals surface area contributed by atoms with Crippen molar-refractivity contribution < 1.29 is 13.9 Å². The molecule has 3 rings (SSSR count). The summed E-state index contributed by atoms with van der Waals surface area (Å²) in [4.78, 5) is 20.3. The van der Waals surface area contributed by atoms with Gasteiger partial charge in [0, 0.05) is 23.3 Å². The van der Waals surface area contributed by atoms with E-state index in [2.05, 4.69) is 31.2 Å². The van der Waals surface area contributed by atoms with Crippen molar-refractivity contribution in [2.75, 3.05) is 11.9 Å². The number of hydrogen-bond donors (Lipinski definition) is 1. The van der Waals surface area contributed by atoms with Crippen molar-refractivity contribution in [1.29, 1.82) is 0 Å². The second-order valence-electron chi connectivity index (χ2n) is 4.69. The Morgan fingerprint density at radius 3 is 3.00 bits per heavy atom. The summed E-state index contributed by atoms with van der Waals surface area (Å²) in [7, 11) is 0. The molecule has 0 fully saturated rings. The smallest absolute Gasteiger partial charge is 0.264 e. The fraction of sp³-hybridized carbons (Fsp3) is 0.0625. The lowest BCUT2D eigenvalue weighted by atomic mass is 10.2. The third-order valence-corrected chi connectivity index (χ3v) is 4.34. The predicted octanol–water partition coefficient (Wildman–Crippen LogP) is 4.12. The van der Waals surface area contributed by atoms with E-state index in [1.54, 1.807) is 12.4 Å². The summed E-state index contributed by atoms with van der Waals surface area (Å²) in [6.07, 6.45) is 3.39. The van der Waals surface area contributed by atoms with E-state index >= 15 is 0 Å². The van der Waals surface area contributed by atoms with Gasteiger partial charge in [-0.3, -0.25) is 15.1 Å². The second kappa shape index (κ2) is 7.50. The van der Waals surface area contributed by atoms with E-state index in [1.165, 1.54) is 29.5 Å². The Kier molecular flexibility index (Phi) is 5.17. The summed E-state index contributed by atoms with van der Waals surface area (Å²) in [5.74, 6) is -0.343. The van der Waals surface area contributed by atoms with Crippen LogP contribution in [0.5, 0.6) is 5.75 Å². The quantitative estimate of drug-likeness (QED) is 0.690. The number of nitrogens with zero attached hydrogens (tertiary/aromatic N) is 2. The molecule has 0 radical (unpaired) electrons. The third kappa shape index (κ3) is 4.15. The first-order valence-corrected chi connectivity index (χ1v) is 8.53. The zero-order valence-electron chi connectivity index (χ0n) is 12.2. The number of rotatable bonds is 5. The minimum atomic E-state index is -0.385. The molecule has 0 aliphatic carbocycles. The van der Waals surface area contributed by atoms with Crippen molar-refractivity contribution in [3.05, 3.63) is 58.4 Å². The van der Waals surface area contributed by atoms with Crippen LogP contribution in [0.25, 0.3) is 11.3 Å². The van der Waals surface area contributed by atoms with Crippen LogP contribution in [0.2, 0.25) is 0 Å². The van der Waals surface area contributed by atoms with Gasteiger partial charge >= 0.3 is 0 Å². The summed E-state index contributed by atoms with van der Waals surface area (Å²) in [6, 6.07) is 7.70. The van der Waals surface area contributed by atoms with Crippen LogP contribution < -0.4 is 10.1 Å². The number of anilines is 1. The number of thiazole rings is 1. The number of hydrogen-bond acceptors (Lipinski definition) is 5. The summed E-state index contributed by atoms with van der Waals surface area (Å²) in [5.41, 5.74) is 1.62. The normalized spacial score (nSPS) is 10.4. The summed E-state index contributed by atoms with van der Waals surface area (Å²) < 4.78 is 18.8. The number of carbonyl (C=O) groups excluding carboxylic acids is 1. The van der Waals surface area contributed by atoms with Crippen molar-refractivity contribution in [1.82, 2.24) is 9.97 Å². The van der Waals surface area contributed by atoms with E-state index in [-0.39, 0.29) is 18.3 Å². The molecule has 122 valence electrons. The monoisotopic (exact) mass is 407 g/mol. The molecule has 2 heterocycles. The van der Waals surface area contributed by atoms with E-state index < -0.39 is 0 Å². The number of pyridine rings is 1. The maximum atomic E-state index is 13.0. The highest BCUT2D eigenvalue weighted by molar-refractivity contribution is 9.10. The summed E-state index contributed by atoms with van der Waals surface area (Å²) in [6.45, 7) is -0.202. The van der Waals surface area contributed by atoms with Crippen LogP contribution in [-0.2, 0) is 4.79 Å². The molecule has 0 aliphatic rings. The van der Waals surface area contributed by atoms with Crippen LogP contribution in [0.1, 0.15) is 0 Å². The number of carbonyl (C=O) groups is 1. The van der Waals surface area contributed by atoms with Gasteiger partial charge in [0.1, 0.15) is 11.6 Å². The first-order chi connectivity index (χ1) is 11.6. The van der Waals surface area contributed by atoms with Crippen LogP contribution in [0.3, 0.4) is 0 Å². The Balaban J connectivity index is 1.58. The van der Waals surface area contributed by atoms with Gasteiger partial charge in [-0.1, -0.05) is 0 Å². The minimum absolute atomic E-state index is 0.202. The Labute approximate surface area is 149 Å². The van der Waals surface area contributed by atoms with Gasteiger partial charge < -0.3 is 4.74 Å². The summed E-state index contributed by atoms with van der Waals surface area (Å²) in [5, 5.41) is 4.98. The molecule has 1 N–H and O–H groups in total. The molecule has 3 aromatic rings. The van der Waals surface area contributed by atoms with E-state index in [0.717, 1.165) is 11.3 Å². The Morgan fingerprint density at radius 2 is 2.25 bits per heavy atom. The van der Waals surface area contributed by atoms with Crippen LogP contribution in [0.4, 0.5) is 9.52 Å².